The van der Waals surface area contributed by atoms with Crippen molar-refractivity contribution in [3.8, 4) is 5.88 Å². The van der Waals surface area contributed by atoms with E-state index in [1.165, 1.54) is 10.4 Å². The Labute approximate surface area is 117 Å². The molecule has 1 aliphatic rings. The minimum atomic E-state index is 0.248. The van der Waals surface area contributed by atoms with Crippen molar-refractivity contribution in [3.63, 3.8) is 0 Å². The first-order valence-electron chi connectivity index (χ1n) is 6.78. The van der Waals surface area contributed by atoms with Crippen molar-refractivity contribution < 1.29 is 4.74 Å². The van der Waals surface area contributed by atoms with Crippen LogP contribution in [0.3, 0.4) is 0 Å². The Morgan fingerprint density at radius 2 is 1.95 bits per heavy atom. The molecule has 2 N–H and O–H groups in total. The maximum atomic E-state index is 6.11. The first kappa shape index (κ1) is 12.8. The predicted octanol–water partition coefficient (Wildman–Crippen LogP) is 2.96. The molecule has 0 radical (unpaired) electrons. The molecule has 19 heavy (non-hydrogen) atoms. The quantitative estimate of drug-likeness (QED) is 0.916. The number of hydrogen-bond donors (Lipinski definition) is 1. The Kier molecular flexibility index (Phi) is 3.41. The second-order valence-electron chi connectivity index (χ2n) is 5.30. The summed E-state index contributed by atoms with van der Waals surface area (Å²) in [6, 6.07) is 0.343. The highest BCUT2D eigenvalue weighted by atomic mass is 32.1. The van der Waals surface area contributed by atoms with Crippen molar-refractivity contribution in [3.05, 3.63) is 16.8 Å². The SMILES string of the molecule is Cc1sc2ncnc(OC3CCC(N)CC3)c2c1C. The van der Waals surface area contributed by atoms with Gasteiger partial charge in [-0.25, -0.2) is 9.97 Å². The summed E-state index contributed by atoms with van der Waals surface area (Å²) >= 11 is 1.70. The van der Waals surface area contributed by atoms with Gasteiger partial charge in [-0.2, -0.15) is 0 Å². The van der Waals surface area contributed by atoms with Gasteiger partial charge in [-0.3, -0.25) is 0 Å². The number of rotatable bonds is 2. The minimum absolute atomic E-state index is 0.248. The summed E-state index contributed by atoms with van der Waals surface area (Å²) in [5.74, 6) is 0.743. The van der Waals surface area contributed by atoms with E-state index in [0.717, 1.165) is 41.8 Å². The fourth-order valence-electron chi connectivity index (χ4n) is 2.60. The van der Waals surface area contributed by atoms with Crippen molar-refractivity contribution >= 4 is 21.6 Å². The lowest BCUT2D eigenvalue weighted by Gasteiger charge is -2.26. The van der Waals surface area contributed by atoms with Gasteiger partial charge in [0.15, 0.2) is 0 Å². The molecule has 2 aromatic rings. The van der Waals surface area contributed by atoms with E-state index in [0.29, 0.717) is 6.04 Å². The van der Waals surface area contributed by atoms with E-state index in [4.69, 9.17) is 10.5 Å². The van der Waals surface area contributed by atoms with Gasteiger partial charge in [0.05, 0.1) is 5.39 Å². The summed E-state index contributed by atoms with van der Waals surface area (Å²) in [5, 5.41) is 1.08. The molecule has 5 heteroatoms. The number of aromatic nitrogens is 2. The van der Waals surface area contributed by atoms with Crippen LogP contribution in [0.25, 0.3) is 10.2 Å². The van der Waals surface area contributed by atoms with E-state index in [1.807, 2.05) is 0 Å². The highest BCUT2D eigenvalue weighted by molar-refractivity contribution is 7.18. The molecule has 2 aromatic heterocycles. The summed E-state index contributed by atoms with van der Waals surface area (Å²) in [4.78, 5) is 11.0. The van der Waals surface area contributed by atoms with Gasteiger partial charge < -0.3 is 10.5 Å². The Bertz CT molecular complexity index is 588. The van der Waals surface area contributed by atoms with Crippen LogP contribution in [-0.2, 0) is 0 Å². The van der Waals surface area contributed by atoms with Gasteiger partial charge in [-0.15, -0.1) is 11.3 Å². The molecule has 0 unspecified atom stereocenters. The van der Waals surface area contributed by atoms with E-state index in [1.54, 1.807) is 17.7 Å². The topological polar surface area (TPSA) is 61.0 Å². The molecule has 102 valence electrons. The number of fused-ring (bicyclic) bond motifs is 1. The van der Waals surface area contributed by atoms with E-state index in [-0.39, 0.29) is 6.10 Å². The largest absolute Gasteiger partial charge is 0.474 e. The zero-order chi connectivity index (χ0) is 13.4. The van der Waals surface area contributed by atoms with Crippen LogP contribution in [0.1, 0.15) is 36.1 Å². The van der Waals surface area contributed by atoms with Crippen molar-refractivity contribution in [1.29, 1.82) is 0 Å². The fraction of sp³-hybridized carbons (Fsp3) is 0.571. The summed E-state index contributed by atoms with van der Waals surface area (Å²) in [7, 11) is 0. The summed E-state index contributed by atoms with van der Waals surface area (Å²) in [5.41, 5.74) is 7.17. The zero-order valence-corrected chi connectivity index (χ0v) is 12.2. The Hall–Kier alpha value is -1.20. The molecule has 3 rings (SSSR count). The lowest BCUT2D eigenvalue weighted by atomic mass is 9.94. The smallest absolute Gasteiger partial charge is 0.225 e. The highest BCUT2D eigenvalue weighted by Crippen LogP contribution is 2.35. The number of aryl methyl sites for hydroxylation is 2. The molecule has 0 amide bonds. The van der Waals surface area contributed by atoms with Crippen molar-refractivity contribution in [1.82, 2.24) is 9.97 Å². The second-order valence-corrected chi connectivity index (χ2v) is 6.50. The standard InChI is InChI=1S/C14H19N3OS/c1-8-9(2)19-14-12(8)13(16-7-17-14)18-11-5-3-10(15)4-6-11/h7,10-11H,3-6,15H2,1-2H3. The fourth-order valence-corrected chi connectivity index (χ4v) is 3.59. The van der Waals surface area contributed by atoms with E-state index >= 15 is 0 Å². The number of nitrogens with zero attached hydrogens (tertiary/aromatic N) is 2. The molecule has 0 atom stereocenters. The third-order valence-corrected chi connectivity index (χ3v) is 5.04. The minimum Gasteiger partial charge on any atom is -0.474 e. The van der Waals surface area contributed by atoms with Crippen LogP contribution in [0.5, 0.6) is 5.88 Å². The molecular formula is C14H19N3OS. The van der Waals surface area contributed by atoms with Gasteiger partial charge in [0, 0.05) is 10.9 Å². The lowest BCUT2D eigenvalue weighted by Crippen LogP contribution is -2.31. The third kappa shape index (κ3) is 2.44. The molecule has 2 heterocycles. The van der Waals surface area contributed by atoms with E-state index in [2.05, 4.69) is 23.8 Å². The Morgan fingerprint density at radius 1 is 1.21 bits per heavy atom. The van der Waals surface area contributed by atoms with Gasteiger partial charge in [0.1, 0.15) is 17.3 Å². The van der Waals surface area contributed by atoms with Gasteiger partial charge >= 0.3 is 0 Å². The van der Waals surface area contributed by atoms with Crippen LogP contribution in [0.15, 0.2) is 6.33 Å². The summed E-state index contributed by atoms with van der Waals surface area (Å²) in [6.07, 6.45) is 5.98. The maximum Gasteiger partial charge on any atom is 0.225 e. The van der Waals surface area contributed by atoms with Crippen molar-refractivity contribution in [2.75, 3.05) is 0 Å². The Balaban J connectivity index is 1.88. The molecule has 4 nitrogen and oxygen atoms in total. The normalized spacial score (nSPS) is 23.7. The van der Waals surface area contributed by atoms with Gasteiger partial charge in [-0.05, 0) is 45.1 Å². The molecule has 1 aliphatic carbocycles. The molecule has 0 spiro atoms. The van der Waals surface area contributed by atoms with Crippen molar-refractivity contribution in [2.24, 2.45) is 5.73 Å². The average molecular weight is 277 g/mol. The van der Waals surface area contributed by atoms with Crippen LogP contribution in [0.2, 0.25) is 0 Å². The predicted molar refractivity (Wildman–Crippen MR) is 77.7 cm³/mol. The van der Waals surface area contributed by atoms with Crippen molar-refractivity contribution in [2.45, 2.75) is 51.7 Å². The second kappa shape index (κ2) is 5.06. The summed E-state index contributed by atoms with van der Waals surface area (Å²) < 4.78 is 6.11. The first-order valence-corrected chi connectivity index (χ1v) is 7.59. The average Bonchev–Trinajstić information content (AvgIpc) is 2.69. The molecule has 1 fully saturated rings. The van der Waals surface area contributed by atoms with E-state index in [9.17, 15) is 0 Å². The van der Waals surface area contributed by atoms with Gasteiger partial charge in [0.25, 0.3) is 0 Å². The third-order valence-electron chi connectivity index (χ3n) is 3.93. The number of ether oxygens (including phenoxy) is 1. The van der Waals surface area contributed by atoms with Crippen LogP contribution in [0.4, 0.5) is 0 Å². The molecular weight excluding hydrogens is 258 g/mol. The van der Waals surface area contributed by atoms with Crippen LogP contribution < -0.4 is 10.5 Å². The molecule has 1 saturated carbocycles. The highest BCUT2D eigenvalue weighted by Gasteiger charge is 2.22. The maximum absolute atomic E-state index is 6.11. The van der Waals surface area contributed by atoms with Crippen LogP contribution in [0, 0.1) is 13.8 Å². The molecule has 0 aromatic carbocycles. The molecule has 0 aliphatic heterocycles. The number of nitrogens with two attached hydrogens (primary N) is 1. The number of hydrogen-bond acceptors (Lipinski definition) is 5. The van der Waals surface area contributed by atoms with Crippen LogP contribution in [-0.4, -0.2) is 22.1 Å². The zero-order valence-electron chi connectivity index (χ0n) is 11.3. The first-order chi connectivity index (χ1) is 9.15. The molecule has 0 saturated heterocycles. The molecule has 0 bridgehead atoms. The lowest BCUT2D eigenvalue weighted by molar-refractivity contribution is 0.143. The summed E-state index contributed by atoms with van der Waals surface area (Å²) in [6.45, 7) is 4.23. The van der Waals surface area contributed by atoms with E-state index < -0.39 is 0 Å². The van der Waals surface area contributed by atoms with Crippen LogP contribution >= 0.6 is 11.3 Å². The number of thiophene rings is 1. The Morgan fingerprint density at radius 3 is 2.68 bits per heavy atom. The monoisotopic (exact) mass is 277 g/mol. The van der Waals surface area contributed by atoms with Gasteiger partial charge in [0.2, 0.25) is 5.88 Å². The van der Waals surface area contributed by atoms with Gasteiger partial charge in [-0.1, -0.05) is 0 Å².